The summed E-state index contributed by atoms with van der Waals surface area (Å²) in [5.74, 6) is -0.0933. The third kappa shape index (κ3) is 2.29. The van der Waals surface area contributed by atoms with Crippen LogP contribution in [0.3, 0.4) is 0 Å². The van der Waals surface area contributed by atoms with E-state index in [9.17, 15) is 4.79 Å². The summed E-state index contributed by atoms with van der Waals surface area (Å²) in [5.41, 5.74) is 4.26. The van der Waals surface area contributed by atoms with Crippen LogP contribution in [-0.2, 0) is 7.05 Å². The third-order valence-corrected chi connectivity index (χ3v) is 5.42. The summed E-state index contributed by atoms with van der Waals surface area (Å²) in [4.78, 5) is 17.4. The van der Waals surface area contributed by atoms with Crippen molar-refractivity contribution in [3.8, 4) is 0 Å². The molecule has 0 saturated heterocycles. The van der Waals surface area contributed by atoms with Gasteiger partial charge in [-0.15, -0.1) is 0 Å². The molecule has 0 atom stereocenters. The lowest BCUT2D eigenvalue weighted by Gasteiger charge is -2.03. The molecule has 2 aromatic carbocycles. The molecule has 120 valence electrons. The predicted octanol–water partition coefficient (Wildman–Crippen LogP) is 4.34. The van der Waals surface area contributed by atoms with E-state index in [1.165, 1.54) is 22.5 Å². The van der Waals surface area contributed by atoms with Crippen molar-refractivity contribution >= 4 is 38.4 Å². The Bertz CT molecular complexity index is 1130. The number of para-hydroxylation sites is 1. The molecular formula is C19H16N2O2S. The van der Waals surface area contributed by atoms with Crippen LogP contribution in [0.2, 0.25) is 0 Å². The van der Waals surface area contributed by atoms with Crippen molar-refractivity contribution in [1.29, 1.82) is 0 Å². The molecule has 4 aromatic rings. The van der Waals surface area contributed by atoms with E-state index in [0.29, 0.717) is 10.4 Å². The van der Waals surface area contributed by atoms with Crippen LogP contribution in [0.25, 0.3) is 21.2 Å². The summed E-state index contributed by atoms with van der Waals surface area (Å²) in [7, 11) is 1.94. The molecule has 2 heterocycles. The highest BCUT2D eigenvalue weighted by Gasteiger charge is 2.13. The molecule has 2 aromatic heterocycles. The minimum atomic E-state index is -0.359. The van der Waals surface area contributed by atoms with Gasteiger partial charge >= 0.3 is 5.91 Å². The van der Waals surface area contributed by atoms with E-state index >= 15 is 0 Å². The number of thiazole rings is 1. The van der Waals surface area contributed by atoms with Gasteiger partial charge in [0.05, 0.1) is 10.2 Å². The topological polar surface area (TPSA) is 47.5 Å². The van der Waals surface area contributed by atoms with Crippen LogP contribution in [0.4, 0.5) is 0 Å². The molecule has 0 aliphatic rings. The van der Waals surface area contributed by atoms with Gasteiger partial charge in [0.2, 0.25) is 0 Å². The maximum Gasteiger partial charge on any atom is 0.315 e. The molecule has 0 aliphatic heterocycles. The first-order valence-electron chi connectivity index (χ1n) is 7.68. The zero-order chi connectivity index (χ0) is 16.8. The van der Waals surface area contributed by atoms with Crippen LogP contribution in [0.5, 0.6) is 0 Å². The Hall–Kier alpha value is -2.66. The lowest BCUT2D eigenvalue weighted by atomic mass is 10.1. The highest BCUT2D eigenvalue weighted by molar-refractivity contribution is 7.16. The van der Waals surface area contributed by atoms with Crippen molar-refractivity contribution < 1.29 is 9.21 Å². The quantitative estimate of drug-likeness (QED) is 0.519. The summed E-state index contributed by atoms with van der Waals surface area (Å²) < 4.78 is 8.71. The van der Waals surface area contributed by atoms with E-state index in [1.807, 2.05) is 35.9 Å². The summed E-state index contributed by atoms with van der Waals surface area (Å²) in [5, 5.41) is 0.906. The zero-order valence-corrected chi connectivity index (χ0v) is 14.5. The monoisotopic (exact) mass is 336 g/mol. The lowest BCUT2D eigenvalue weighted by Crippen LogP contribution is -2.13. The smallest absolute Gasteiger partial charge is 0.315 e. The first-order valence-corrected chi connectivity index (χ1v) is 8.49. The number of carbonyl (C=O) groups is 1. The van der Waals surface area contributed by atoms with E-state index in [4.69, 9.17) is 4.42 Å². The van der Waals surface area contributed by atoms with E-state index in [2.05, 4.69) is 31.0 Å². The molecule has 0 unspecified atom stereocenters. The normalized spacial score (nSPS) is 12.4. The van der Waals surface area contributed by atoms with Gasteiger partial charge < -0.3 is 8.98 Å². The third-order valence-electron chi connectivity index (χ3n) is 4.32. The molecule has 4 nitrogen and oxygen atoms in total. The van der Waals surface area contributed by atoms with Gasteiger partial charge in [0.25, 0.3) is 0 Å². The van der Waals surface area contributed by atoms with Crippen molar-refractivity contribution in [2.24, 2.45) is 12.0 Å². The van der Waals surface area contributed by atoms with Crippen LogP contribution in [0, 0.1) is 13.8 Å². The number of fused-ring (bicyclic) bond motifs is 2. The number of aromatic nitrogens is 1. The average molecular weight is 336 g/mol. The molecule has 0 spiro atoms. The number of benzene rings is 2. The van der Waals surface area contributed by atoms with Crippen LogP contribution < -0.4 is 4.80 Å². The van der Waals surface area contributed by atoms with Crippen LogP contribution in [0.15, 0.2) is 51.9 Å². The standard InChI is InChI=1S/C19H16N2O2S/c1-11-8-9-16-17(12(11)2)21(3)19(24-16)20-18(22)15-10-13-6-4-5-7-14(13)23-15/h4-10H,1-3H3. The molecule has 0 bridgehead atoms. The fourth-order valence-corrected chi connectivity index (χ4v) is 3.94. The van der Waals surface area contributed by atoms with Gasteiger partial charge in [-0.3, -0.25) is 4.79 Å². The molecule has 24 heavy (non-hydrogen) atoms. The number of furan rings is 1. The first-order chi connectivity index (χ1) is 11.5. The van der Waals surface area contributed by atoms with Crippen molar-refractivity contribution in [3.05, 3.63) is 64.2 Å². The average Bonchev–Trinajstić information content (AvgIpc) is 3.13. The van der Waals surface area contributed by atoms with Gasteiger partial charge in [-0.05, 0) is 43.2 Å². The minimum Gasteiger partial charge on any atom is -0.451 e. The molecular weight excluding hydrogens is 320 g/mol. The first kappa shape index (κ1) is 14.9. The molecule has 0 aliphatic carbocycles. The van der Waals surface area contributed by atoms with Crippen molar-refractivity contribution in [1.82, 2.24) is 4.57 Å². The molecule has 0 radical (unpaired) electrons. The van der Waals surface area contributed by atoms with Crippen molar-refractivity contribution in [3.63, 3.8) is 0 Å². The highest BCUT2D eigenvalue weighted by Crippen LogP contribution is 2.23. The van der Waals surface area contributed by atoms with Crippen LogP contribution in [-0.4, -0.2) is 10.5 Å². The predicted molar refractivity (Wildman–Crippen MR) is 96.4 cm³/mol. The summed E-state index contributed by atoms with van der Waals surface area (Å²) in [6.07, 6.45) is 0. The number of aryl methyl sites for hydroxylation is 3. The number of carbonyl (C=O) groups excluding carboxylic acids is 1. The second kappa shape index (κ2) is 5.46. The highest BCUT2D eigenvalue weighted by atomic mass is 32.1. The summed E-state index contributed by atoms with van der Waals surface area (Å²) in [6, 6.07) is 13.5. The van der Waals surface area contributed by atoms with E-state index in [-0.39, 0.29) is 11.7 Å². The van der Waals surface area contributed by atoms with E-state index in [0.717, 1.165) is 15.6 Å². The van der Waals surface area contributed by atoms with Gasteiger partial charge in [0.1, 0.15) is 5.58 Å². The van der Waals surface area contributed by atoms with Crippen molar-refractivity contribution in [2.75, 3.05) is 0 Å². The van der Waals surface area contributed by atoms with Gasteiger partial charge in [0, 0.05) is 12.4 Å². The molecule has 0 saturated carbocycles. The Kier molecular flexibility index (Phi) is 3.39. The summed E-state index contributed by atoms with van der Waals surface area (Å²) >= 11 is 1.51. The Morgan fingerprint density at radius 1 is 1.17 bits per heavy atom. The number of rotatable bonds is 1. The molecule has 4 rings (SSSR count). The molecule has 0 fully saturated rings. The zero-order valence-electron chi connectivity index (χ0n) is 13.7. The Morgan fingerprint density at radius 3 is 2.75 bits per heavy atom. The molecule has 1 amide bonds. The second-order valence-electron chi connectivity index (χ2n) is 5.86. The number of amides is 1. The fraction of sp³-hybridized carbons (Fsp3) is 0.158. The SMILES string of the molecule is Cc1ccc2sc(=NC(=O)c3cc4ccccc4o3)n(C)c2c1C. The summed E-state index contributed by atoms with van der Waals surface area (Å²) in [6.45, 7) is 4.18. The van der Waals surface area contributed by atoms with E-state index < -0.39 is 0 Å². The molecule has 5 heteroatoms. The second-order valence-corrected chi connectivity index (χ2v) is 6.87. The van der Waals surface area contributed by atoms with E-state index in [1.54, 1.807) is 6.07 Å². The van der Waals surface area contributed by atoms with Crippen molar-refractivity contribution in [2.45, 2.75) is 13.8 Å². The maximum atomic E-state index is 12.5. The lowest BCUT2D eigenvalue weighted by molar-refractivity contribution is 0.0973. The Labute approximate surface area is 142 Å². The number of nitrogens with zero attached hydrogens (tertiary/aromatic N) is 2. The minimum absolute atomic E-state index is 0.265. The fourth-order valence-electron chi connectivity index (χ4n) is 2.86. The van der Waals surface area contributed by atoms with Crippen LogP contribution >= 0.6 is 11.3 Å². The van der Waals surface area contributed by atoms with Gasteiger partial charge in [-0.2, -0.15) is 4.99 Å². The largest absolute Gasteiger partial charge is 0.451 e. The number of hydrogen-bond acceptors (Lipinski definition) is 3. The number of hydrogen-bond donors (Lipinski definition) is 0. The van der Waals surface area contributed by atoms with Gasteiger partial charge in [-0.25, -0.2) is 0 Å². The maximum absolute atomic E-state index is 12.5. The molecule has 0 N–H and O–H groups in total. The van der Waals surface area contributed by atoms with Crippen LogP contribution in [0.1, 0.15) is 21.7 Å². The Morgan fingerprint density at radius 2 is 1.96 bits per heavy atom. The van der Waals surface area contributed by atoms with Gasteiger partial charge in [-0.1, -0.05) is 35.6 Å². The Balaban J connectivity index is 1.85. The van der Waals surface area contributed by atoms with Gasteiger partial charge in [0.15, 0.2) is 10.6 Å².